The molecule has 0 amide bonds. The fraction of sp³-hybridized carbons (Fsp3) is 0. The van der Waals surface area contributed by atoms with Gasteiger partial charge in [0.25, 0.3) is 5.69 Å². The van der Waals surface area contributed by atoms with Gasteiger partial charge in [-0.15, -0.1) is 0 Å². The van der Waals surface area contributed by atoms with E-state index in [-0.39, 0.29) is 11.5 Å². The van der Waals surface area contributed by atoms with E-state index in [1.807, 2.05) is 12.1 Å². The van der Waals surface area contributed by atoms with E-state index in [4.69, 9.17) is 5.73 Å². The van der Waals surface area contributed by atoms with Gasteiger partial charge < -0.3 is 5.73 Å². The van der Waals surface area contributed by atoms with Crippen molar-refractivity contribution < 1.29 is 9.72 Å². The van der Waals surface area contributed by atoms with Crippen molar-refractivity contribution in [1.82, 2.24) is 0 Å². The second-order valence-corrected chi connectivity index (χ2v) is 11.1. The molecule has 5 heteroatoms. The molecule has 0 atom stereocenters. The Morgan fingerprint density at radius 3 is 1.57 bits per heavy atom. The van der Waals surface area contributed by atoms with Gasteiger partial charge in [-0.3, -0.25) is 14.9 Å². The van der Waals surface area contributed by atoms with Crippen LogP contribution in [0.5, 0.6) is 0 Å². The largest absolute Gasteiger partial charge is 0.398 e. The first-order chi connectivity index (χ1) is 22.5. The standard InChI is InChI=1S/C28H19N.C13H9NO3/c29-26-14-13-22-15-18-7-1-2-8-19(18)17-25(22)28(26)27-23-11-5-3-9-20(23)16-21-10-4-6-12-24(21)27;15-13(10-4-2-1-3-5-10)11-6-8-12(9-7-11)14(16)17/h1-17H,29H2;1-9H. The van der Waals surface area contributed by atoms with Crippen molar-refractivity contribution in [2.45, 2.75) is 0 Å². The van der Waals surface area contributed by atoms with Gasteiger partial charge in [-0.05, 0) is 79.5 Å². The number of ketones is 1. The summed E-state index contributed by atoms with van der Waals surface area (Å²) in [5, 5.41) is 20.3. The number of nitrogen functional groups attached to an aromatic ring is 1. The molecular formula is C41H28N2O3. The summed E-state index contributed by atoms with van der Waals surface area (Å²) >= 11 is 0. The lowest BCUT2D eigenvalue weighted by atomic mass is 9.88. The summed E-state index contributed by atoms with van der Waals surface area (Å²) in [5.41, 5.74) is 10.8. The first-order valence-electron chi connectivity index (χ1n) is 14.9. The van der Waals surface area contributed by atoms with Crippen molar-refractivity contribution in [3.8, 4) is 11.1 Å². The molecule has 0 bridgehead atoms. The maximum absolute atomic E-state index is 12.0. The lowest BCUT2D eigenvalue weighted by Crippen LogP contribution is -2.00. The molecule has 0 spiro atoms. The molecule has 0 unspecified atom stereocenters. The number of nitro benzene ring substituents is 1. The number of fused-ring (bicyclic) bond motifs is 4. The van der Waals surface area contributed by atoms with Crippen molar-refractivity contribution in [3.63, 3.8) is 0 Å². The van der Waals surface area contributed by atoms with Crippen LogP contribution in [0.1, 0.15) is 15.9 Å². The molecule has 8 aromatic rings. The summed E-state index contributed by atoms with van der Waals surface area (Å²) in [6, 6.07) is 51.1. The summed E-state index contributed by atoms with van der Waals surface area (Å²) in [7, 11) is 0. The maximum Gasteiger partial charge on any atom is 0.269 e. The van der Waals surface area contributed by atoms with Gasteiger partial charge >= 0.3 is 0 Å². The first-order valence-corrected chi connectivity index (χ1v) is 14.9. The third kappa shape index (κ3) is 5.31. The van der Waals surface area contributed by atoms with Gasteiger partial charge in [-0.25, -0.2) is 0 Å². The van der Waals surface area contributed by atoms with E-state index in [1.54, 1.807) is 24.3 Å². The fourth-order valence-corrected chi connectivity index (χ4v) is 6.08. The zero-order valence-electron chi connectivity index (χ0n) is 24.8. The van der Waals surface area contributed by atoms with Gasteiger partial charge in [0.1, 0.15) is 0 Å². The smallest absolute Gasteiger partial charge is 0.269 e. The molecule has 5 nitrogen and oxygen atoms in total. The third-order valence-corrected chi connectivity index (χ3v) is 8.32. The molecule has 46 heavy (non-hydrogen) atoms. The Morgan fingerprint density at radius 1 is 0.478 bits per heavy atom. The van der Waals surface area contributed by atoms with Crippen molar-refractivity contribution in [1.29, 1.82) is 0 Å². The number of anilines is 1. The number of nitrogens with zero attached hydrogens (tertiary/aromatic N) is 1. The Hall–Kier alpha value is -6.33. The van der Waals surface area contributed by atoms with Crippen molar-refractivity contribution in [3.05, 3.63) is 179 Å². The molecule has 0 fully saturated rings. The van der Waals surface area contributed by atoms with Crippen LogP contribution in [0.4, 0.5) is 11.4 Å². The predicted octanol–water partition coefficient (Wildman–Crippen LogP) is 10.4. The van der Waals surface area contributed by atoms with Gasteiger partial charge in [0.2, 0.25) is 0 Å². The number of carbonyl (C=O) groups excluding carboxylic acids is 1. The number of hydrogen-bond acceptors (Lipinski definition) is 4. The molecule has 0 aliphatic rings. The van der Waals surface area contributed by atoms with E-state index in [2.05, 4.69) is 97.1 Å². The predicted molar refractivity (Wildman–Crippen MR) is 189 cm³/mol. The number of hydrogen-bond donors (Lipinski definition) is 1. The molecule has 0 heterocycles. The van der Waals surface area contributed by atoms with Crippen LogP contribution in [0.25, 0.3) is 54.2 Å². The highest BCUT2D eigenvalue weighted by Crippen LogP contribution is 2.43. The topological polar surface area (TPSA) is 86.2 Å². The Labute approximate surface area is 265 Å². The Bertz CT molecular complexity index is 2360. The van der Waals surface area contributed by atoms with Crippen LogP contribution in [0.2, 0.25) is 0 Å². The van der Waals surface area contributed by atoms with E-state index >= 15 is 0 Å². The van der Waals surface area contributed by atoms with Crippen LogP contribution in [-0.4, -0.2) is 10.7 Å². The molecule has 0 radical (unpaired) electrons. The van der Waals surface area contributed by atoms with Crippen LogP contribution < -0.4 is 5.73 Å². The van der Waals surface area contributed by atoms with Gasteiger partial charge in [-0.1, -0.05) is 109 Å². The maximum atomic E-state index is 12.0. The lowest BCUT2D eigenvalue weighted by molar-refractivity contribution is -0.384. The third-order valence-electron chi connectivity index (χ3n) is 8.32. The second-order valence-electron chi connectivity index (χ2n) is 11.1. The molecule has 2 N–H and O–H groups in total. The Balaban J connectivity index is 0.000000170. The van der Waals surface area contributed by atoms with E-state index < -0.39 is 4.92 Å². The summed E-state index contributed by atoms with van der Waals surface area (Å²) in [6.45, 7) is 0. The summed E-state index contributed by atoms with van der Waals surface area (Å²) in [5.74, 6) is -0.138. The summed E-state index contributed by atoms with van der Waals surface area (Å²) in [4.78, 5) is 21.9. The van der Waals surface area contributed by atoms with E-state index in [1.165, 1.54) is 72.9 Å². The van der Waals surface area contributed by atoms with Crippen LogP contribution in [0, 0.1) is 10.1 Å². The van der Waals surface area contributed by atoms with Gasteiger partial charge in [0.05, 0.1) is 4.92 Å². The molecule has 8 rings (SSSR count). The van der Waals surface area contributed by atoms with Crippen molar-refractivity contribution >= 4 is 60.2 Å². The molecule has 220 valence electrons. The number of non-ortho nitro benzene ring substituents is 1. The number of carbonyl (C=O) groups is 1. The number of benzene rings is 8. The zero-order chi connectivity index (χ0) is 31.6. The van der Waals surface area contributed by atoms with Crippen LogP contribution in [-0.2, 0) is 0 Å². The minimum Gasteiger partial charge on any atom is -0.398 e. The molecule has 0 saturated carbocycles. The van der Waals surface area contributed by atoms with E-state index in [0.717, 1.165) is 11.3 Å². The molecule has 8 aromatic carbocycles. The van der Waals surface area contributed by atoms with E-state index in [9.17, 15) is 14.9 Å². The summed E-state index contributed by atoms with van der Waals surface area (Å²) in [6.07, 6.45) is 0. The Kier molecular flexibility index (Phi) is 7.41. The van der Waals surface area contributed by atoms with Gasteiger partial charge in [0.15, 0.2) is 5.78 Å². The number of rotatable bonds is 4. The lowest BCUT2D eigenvalue weighted by Gasteiger charge is -2.17. The van der Waals surface area contributed by atoms with Crippen molar-refractivity contribution in [2.75, 3.05) is 5.73 Å². The molecule has 0 saturated heterocycles. The summed E-state index contributed by atoms with van der Waals surface area (Å²) < 4.78 is 0. The minimum absolute atomic E-state index is 0.0189. The number of nitrogens with two attached hydrogens (primary N) is 1. The highest BCUT2D eigenvalue weighted by Gasteiger charge is 2.16. The highest BCUT2D eigenvalue weighted by molar-refractivity contribution is 6.20. The van der Waals surface area contributed by atoms with Crippen LogP contribution >= 0.6 is 0 Å². The molecule has 0 aliphatic carbocycles. The zero-order valence-corrected chi connectivity index (χ0v) is 24.8. The van der Waals surface area contributed by atoms with E-state index in [0.29, 0.717) is 11.1 Å². The van der Waals surface area contributed by atoms with Crippen LogP contribution in [0.15, 0.2) is 158 Å². The quantitative estimate of drug-likeness (QED) is 0.0720. The van der Waals surface area contributed by atoms with Crippen molar-refractivity contribution in [2.24, 2.45) is 0 Å². The fourth-order valence-electron chi connectivity index (χ4n) is 6.08. The Morgan fingerprint density at radius 2 is 0.957 bits per heavy atom. The monoisotopic (exact) mass is 596 g/mol. The normalized spacial score (nSPS) is 11.0. The minimum atomic E-state index is -0.489. The number of nitro groups is 1. The average molecular weight is 597 g/mol. The first kappa shape index (κ1) is 28.4. The van der Waals surface area contributed by atoms with Crippen LogP contribution in [0.3, 0.4) is 0 Å². The molecular weight excluding hydrogens is 568 g/mol. The SMILES string of the molecule is Nc1ccc2cc3ccccc3cc2c1-c1c2ccccc2cc2ccccc12.O=C(c1ccccc1)c1ccc([N+](=O)[O-])cc1. The molecule has 0 aliphatic heterocycles. The van der Waals surface area contributed by atoms with Gasteiger partial charge in [0, 0.05) is 40.1 Å². The highest BCUT2D eigenvalue weighted by atomic mass is 16.6. The average Bonchev–Trinajstić information content (AvgIpc) is 3.10. The second kappa shape index (κ2) is 12.0. The molecule has 0 aromatic heterocycles. The van der Waals surface area contributed by atoms with Gasteiger partial charge in [-0.2, -0.15) is 0 Å².